The molecule has 2 amide bonds. The van der Waals surface area contributed by atoms with Gasteiger partial charge in [0.05, 0.1) is 71.7 Å². The number of aryl methyl sites for hydroxylation is 3. The number of ketones is 1. The number of benzene rings is 5. The van der Waals surface area contributed by atoms with Gasteiger partial charge in [-0.25, -0.2) is 106 Å². The van der Waals surface area contributed by atoms with Crippen LogP contribution in [0.2, 0.25) is 0 Å². The van der Waals surface area contributed by atoms with Crippen LogP contribution in [0.5, 0.6) is 0 Å². The van der Waals surface area contributed by atoms with Crippen LogP contribution in [0.1, 0.15) is 240 Å². The lowest BCUT2D eigenvalue weighted by molar-refractivity contribution is -0.0588. The van der Waals surface area contributed by atoms with Crippen LogP contribution in [0.15, 0.2) is 152 Å². The zero-order chi connectivity index (χ0) is 103. The smallest absolute Gasteiger partial charge is 0.343 e. The number of nitrogens with one attached hydrogen (secondary N) is 2. The number of fused-ring (bicyclic) bond motifs is 5. The SMILES string of the molecule is CC(C)(C)ONC(=O)c1c(N)nn2ccc(N3CCC[C@@H]3c3cc(F)ccc3F)nc12.CCOC(=O)c1c(C)nn2ccc(N3CCC[C@@H]3c3cc(F)ccc3F)nc12.CCOC(=O)c1c(C)nn2ccc(N3CCC[C@@H]3c3cc(F)ccc3F)nc12.CCc1nn2ccc(N3CCC[C@@H]3c3cc(F)ccc3F)nc2c1C(C)=O.CN(C)CCNC(=O)c1c(N)nn2ccc(N3CCC[C@@H]3c3cc(F)ccc3F)nc12. The third kappa shape index (κ3) is 22.2. The molecule has 145 heavy (non-hydrogen) atoms. The molecule has 6 N–H and O–H groups in total. The number of nitrogens with two attached hydrogens (primary N) is 2. The molecular weight excluding hydrogens is 1890 g/mol. The molecule has 0 spiro atoms. The summed E-state index contributed by atoms with van der Waals surface area (Å²) in [5, 5.41) is 24.2. The van der Waals surface area contributed by atoms with Crippen molar-refractivity contribution in [1.29, 1.82) is 0 Å². The number of anilines is 7. The van der Waals surface area contributed by atoms with E-state index in [2.05, 4.69) is 61.2 Å². The van der Waals surface area contributed by atoms with Gasteiger partial charge in [0, 0.05) is 105 Å². The van der Waals surface area contributed by atoms with Crippen molar-refractivity contribution >= 4 is 98.5 Å². The molecule has 5 saturated heterocycles. The Morgan fingerprint density at radius 1 is 0.393 bits per heavy atom. The first-order valence-corrected chi connectivity index (χ1v) is 47.7. The molecule has 33 nitrogen and oxygen atoms in total. The maximum absolute atomic E-state index is 14.4. The maximum Gasteiger partial charge on any atom is 0.343 e. The highest BCUT2D eigenvalue weighted by Gasteiger charge is 2.39. The van der Waals surface area contributed by atoms with Gasteiger partial charge in [-0.2, -0.15) is 15.3 Å². The molecule has 20 rings (SSSR count). The predicted octanol–water partition coefficient (Wildman–Crippen LogP) is 17.4. The van der Waals surface area contributed by atoms with E-state index in [9.17, 15) is 67.9 Å². The Balaban J connectivity index is 0.000000130. The number of carbonyl (C=O) groups is 5. The number of likely N-dealkylation sites (N-methyl/N-ethyl adjacent to an activating group) is 1. The first-order valence-electron chi connectivity index (χ1n) is 47.7. The largest absolute Gasteiger partial charge is 0.462 e. The van der Waals surface area contributed by atoms with Gasteiger partial charge in [-0.1, -0.05) is 6.92 Å². The number of ether oxygens (including phenoxy) is 2. The van der Waals surface area contributed by atoms with Crippen LogP contribution in [0, 0.1) is 72.0 Å². The van der Waals surface area contributed by atoms with E-state index in [1.807, 2.05) is 50.4 Å². The molecule has 5 fully saturated rings. The van der Waals surface area contributed by atoms with Gasteiger partial charge in [0.1, 0.15) is 110 Å². The van der Waals surface area contributed by atoms with Crippen molar-refractivity contribution in [3.8, 4) is 0 Å². The zero-order valence-corrected chi connectivity index (χ0v) is 81.6. The van der Waals surface area contributed by atoms with Gasteiger partial charge in [-0.15, -0.1) is 10.2 Å². The monoisotopic (exact) mass is 2000 g/mol. The minimum absolute atomic E-state index is 0.00815. The fourth-order valence-electron chi connectivity index (χ4n) is 19.0. The lowest BCUT2D eigenvalue weighted by Crippen LogP contribution is -2.34. The Morgan fingerprint density at radius 3 is 0.945 bits per heavy atom. The minimum Gasteiger partial charge on any atom is -0.462 e. The molecule has 43 heteroatoms. The number of aromatic nitrogens is 15. The molecule has 5 aliphatic rings. The van der Waals surface area contributed by atoms with Crippen molar-refractivity contribution in [3.05, 3.63) is 283 Å². The molecular formula is C102H109F10N25O8. The summed E-state index contributed by atoms with van der Waals surface area (Å²) in [7, 11) is 3.83. The van der Waals surface area contributed by atoms with Crippen LogP contribution in [0.3, 0.4) is 0 Å². The number of rotatable bonds is 22. The van der Waals surface area contributed by atoms with E-state index in [0.29, 0.717) is 192 Å². The summed E-state index contributed by atoms with van der Waals surface area (Å²) in [6.45, 7) is 20.6. The summed E-state index contributed by atoms with van der Waals surface area (Å²) < 4.78 is 158. The topological polar surface area (TPSA) is 360 Å². The number of nitrogen functional groups attached to an aromatic ring is 2. The van der Waals surface area contributed by atoms with Gasteiger partial charge in [0.25, 0.3) is 11.8 Å². The van der Waals surface area contributed by atoms with Crippen LogP contribution >= 0.6 is 0 Å². The molecule has 0 radical (unpaired) electrons. The van der Waals surface area contributed by atoms with E-state index in [1.165, 1.54) is 55.3 Å². The van der Waals surface area contributed by atoms with Crippen molar-refractivity contribution < 1.29 is 82.2 Å². The van der Waals surface area contributed by atoms with Crippen molar-refractivity contribution in [3.63, 3.8) is 0 Å². The van der Waals surface area contributed by atoms with Crippen molar-refractivity contribution in [1.82, 2.24) is 88.7 Å². The first-order chi connectivity index (χ1) is 69.5. The fraction of sp³-hybridized carbons (Fsp3) is 0.363. The second-order valence-corrected chi connectivity index (χ2v) is 36.7. The Labute approximate surface area is 826 Å². The third-order valence-electron chi connectivity index (χ3n) is 25.5. The first kappa shape index (κ1) is 102. The molecule has 15 heterocycles. The molecule has 5 aromatic carbocycles. The van der Waals surface area contributed by atoms with Gasteiger partial charge in [-0.3, -0.25) is 19.2 Å². The molecule has 10 aromatic heterocycles. The second kappa shape index (κ2) is 43.8. The molecule has 760 valence electrons. The van der Waals surface area contributed by atoms with Gasteiger partial charge >= 0.3 is 11.9 Å². The maximum atomic E-state index is 14.4. The quantitative estimate of drug-likeness (QED) is 0.0212. The van der Waals surface area contributed by atoms with Gasteiger partial charge in [0.2, 0.25) is 0 Å². The van der Waals surface area contributed by atoms with Crippen molar-refractivity contribution in [2.45, 2.75) is 169 Å². The van der Waals surface area contributed by atoms with E-state index in [1.54, 1.807) is 114 Å². The van der Waals surface area contributed by atoms with E-state index >= 15 is 0 Å². The third-order valence-corrected chi connectivity index (χ3v) is 25.5. The van der Waals surface area contributed by atoms with Crippen LogP contribution in [-0.4, -0.2) is 186 Å². The average Bonchev–Trinajstić information content (AvgIpc) is 1.65. The highest BCUT2D eigenvalue weighted by atomic mass is 19.2. The molecule has 0 bridgehead atoms. The zero-order valence-electron chi connectivity index (χ0n) is 81.6. The lowest BCUT2D eigenvalue weighted by atomic mass is 10.0. The Hall–Kier alpha value is -15.4. The van der Waals surface area contributed by atoms with Crippen molar-refractivity contribution in [2.24, 2.45) is 0 Å². The fourth-order valence-corrected chi connectivity index (χ4v) is 19.0. The van der Waals surface area contributed by atoms with Gasteiger partial charge in [0.15, 0.2) is 45.7 Å². The number of hydroxylamine groups is 1. The Morgan fingerprint density at radius 2 is 0.669 bits per heavy atom. The summed E-state index contributed by atoms with van der Waals surface area (Å²) in [4.78, 5) is 102. The Bertz CT molecular complexity index is 7210. The van der Waals surface area contributed by atoms with Gasteiger partial charge in [-0.05, 0) is 261 Å². The predicted molar refractivity (Wildman–Crippen MR) is 522 cm³/mol. The lowest BCUT2D eigenvalue weighted by Gasteiger charge is -2.26. The molecule has 5 aliphatic heterocycles. The van der Waals surface area contributed by atoms with E-state index in [0.717, 1.165) is 92.8 Å². The molecule has 0 unspecified atom stereocenters. The van der Waals surface area contributed by atoms with Gasteiger partial charge < -0.3 is 55.7 Å². The highest BCUT2D eigenvalue weighted by molar-refractivity contribution is 6.05. The number of hydrogen-bond donors (Lipinski definition) is 4. The normalized spacial score (nSPS) is 16.7. The number of carbonyl (C=O) groups excluding carboxylic acids is 5. The minimum atomic E-state index is -0.593. The number of halogens is 10. The van der Waals surface area contributed by atoms with E-state index in [-0.39, 0.29) is 89.1 Å². The summed E-state index contributed by atoms with van der Waals surface area (Å²) >= 11 is 0. The van der Waals surface area contributed by atoms with Crippen LogP contribution in [-0.2, 0) is 20.7 Å². The second-order valence-electron chi connectivity index (χ2n) is 36.7. The summed E-state index contributed by atoms with van der Waals surface area (Å²) in [6.07, 6.45) is 16.7. The number of esters is 2. The summed E-state index contributed by atoms with van der Waals surface area (Å²) in [5.41, 5.74) is 20.3. The van der Waals surface area contributed by atoms with Crippen LogP contribution < -0.4 is 46.8 Å². The van der Waals surface area contributed by atoms with Crippen LogP contribution in [0.25, 0.3) is 28.2 Å². The molecule has 0 aliphatic carbocycles. The highest BCUT2D eigenvalue weighted by Crippen LogP contribution is 2.44. The summed E-state index contributed by atoms with van der Waals surface area (Å²) in [6, 6.07) is 24.6. The number of hydrogen-bond acceptors (Lipinski definition) is 26. The number of nitrogens with zero attached hydrogens (tertiary/aromatic N) is 21. The number of Topliss-reactive ketones (excluding diaryl/α,β-unsaturated/α-hetero) is 1. The number of amides is 2. The molecule has 15 aromatic rings. The van der Waals surface area contributed by atoms with E-state index < -0.39 is 81.6 Å². The average molecular weight is 2000 g/mol. The Kier molecular flexibility index (Phi) is 31.0. The summed E-state index contributed by atoms with van der Waals surface area (Å²) in [5.74, 6) is -3.56. The standard InChI is InChI=1S/C21H25F2N7O.C21H24F2N6O2.2C20H20F2N4O2.C20H20F2N4O/c1-28(2)11-8-25-21(31)18-19(24)27-30-10-7-17(26-20(18)30)29-9-3-4-16(29)14-12-13(22)5-6-15(14)23;1-21(2,3)31-27-20(30)17-18(24)26-29-10-8-16(25-19(17)29)28-9-4-5-15(28)13-11-12(22)6-7-14(13)23;2*1-3-28-20(27)18-12(2)24-26-10-8-17(23-19(18)26)25-9-4-5-16(25)14-11-13(21)6-7-15(14)22;1-3-16-19(12(2)27)20-23-18(8-10-26(20)24-16)25-9-4-5-17(25)14-11-13(21)6-7-15(14)22/h5-7,10,12,16H,3-4,8-9,11H2,1-2H3,(H2,24,27)(H,25,31);6-8,10-11,15H,4-5,9H2,1-3H3,(H2,24,26)(H,27,30);2*6-8,10-11,16H,3-5,9H2,1-2H3;6-8,10-11,17H,3-5,9H2,1-2H3/t16-;15-;2*16-;17-/m11111/s1. The molecule has 5 atom stereocenters. The van der Waals surface area contributed by atoms with Crippen LogP contribution in [0.4, 0.5) is 84.6 Å². The molecule has 0 saturated carbocycles. The van der Waals surface area contributed by atoms with E-state index in [4.69, 9.17) is 25.8 Å². The van der Waals surface area contributed by atoms with Crippen molar-refractivity contribution in [2.75, 3.05) is 109 Å².